The second-order valence-corrected chi connectivity index (χ2v) is 5.84. The van der Waals surface area contributed by atoms with Gasteiger partial charge in [0.25, 0.3) is 0 Å². The number of halogens is 1. The molecule has 106 valence electrons. The average Bonchev–Trinajstić information content (AvgIpc) is 2.30. The summed E-state index contributed by atoms with van der Waals surface area (Å²) >= 11 is 5.93. The molecule has 1 unspecified atom stereocenters. The Hall–Kier alpha value is -1.26. The Kier molecular flexibility index (Phi) is 5.20. The van der Waals surface area contributed by atoms with E-state index in [1.54, 1.807) is 18.2 Å². The van der Waals surface area contributed by atoms with E-state index >= 15 is 0 Å². The molecule has 1 aromatic carbocycles. The first-order valence-electron chi connectivity index (χ1n) is 6.24. The van der Waals surface area contributed by atoms with Crippen LogP contribution in [-0.2, 0) is 4.79 Å². The molecule has 0 bridgehead atoms. The van der Waals surface area contributed by atoms with Crippen LogP contribution in [0.3, 0.4) is 0 Å². The van der Waals surface area contributed by atoms with Crippen LogP contribution in [0.5, 0.6) is 5.75 Å². The SMILES string of the molecule is CCOc1ccc(Cl)cc1NC(=O)C(N)C(C)(C)C. The molecule has 0 fully saturated rings. The Balaban J connectivity index is 2.92. The molecule has 3 N–H and O–H groups in total. The van der Waals surface area contributed by atoms with Gasteiger partial charge in [-0.2, -0.15) is 0 Å². The maximum absolute atomic E-state index is 12.1. The molecule has 1 aromatic rings. The summed E-state index contributed by atoms with van der Waals surface area (Å²) < 4.78 is 5.44. The van der Waals surface area contributed by atoms with Crippen LogP contribution in [0.1, 0.15) is 27.7 Å². The number of anilines is 1. The number of ether oxygens (including phenoxy) is 1. The molecule has 0 aliphatic heterocycles. The van der Waals surface area contributed by atoms with Gasteiger partial charge in [-0.3, -0.25) is 4.79 Å². The van der Waals surface area contributed by atoms with E-state index in [-0.39, 0.29) is 11.3 Å². The van der Waals surface area contributed by atoms with E-state index in [4.69, 9.17) is 22.1 Å². The highest BCUT2D eigenvalue weighted by molar-refractivity contribution is 6.31. The van der Waals surface area contributed by atoms with Gasteiger partial charge in [0.2, 0.25) is 5.91 Å². The molecule has 5 heteroatoms. The first-order chi connectivity index (χ1) is 8.75. The van der Waals surface area contributed by atoms with Crippen molar-refractivity contribution in [1.29, 1.82) is 0 Å². The number of benzene rings is 1. The lowest BCUT2D eigenvalue weighted by Crippen LogP contribution is -2.45. The van der Waals surface area contributed by atoms with Gasteiger partial charge in [0.15, 0.2) is 0 Å². The van der Waals surface area contributed by atoms with Gasteiger partial charge in [0.05, 0.1) is 18.3 Å². The van der Waals surface area contributed by atoms with E-state index in [2.05, 4.69) is 5.32 Å². The van der Waals surface area contributed by atoms with Crippen LogP contribution in [0, 0.1) is 5.41 Å². The first kappa shape index (κ1) is 15.8. The van der Waals surface area contributed by atoms with Crippen LogP contribution in [0.15, 0.2) is 18.2 Å². The molecule has 0 aliphatic rings. The van der Waals surface area contributed by atoms with Gasteiger partial charge in [0, 0.05) is 5.02 Å². The molecule has 1 rings (SSSR count). The maximum Gasteiger partial charge on any atom is 0.241 e. The molecule has 0 saturated heterocycles. The van der Waals surface area contributed by atoms with Crippen molar-refractivity contribution in [1.82, 2.24) is 0 Å². The molecule has 0 aromatic heterocycles. The topological polar surface area (TPSA) is 64.3 Å². The highest BCUT2D eigenvalue weighted by Crippen LogP contribution is 2.29. The number of amides is 1. The van der Waals surface area contributed by atoms with Gasteiger partial charge in [-0.1, -0.05) is 32.4 Å². The Morgan fingerprint density at radius 3 is 2.63 bits per heavy atom. The van der Waals surface area contributed by atoms with Gasteiger partial charge in [0.1, 0.15) is 5.75 Å². The van der Waals surface area contributed by atoms with Gasteiger partial charge >= 0.3 is 0 Å². The molecular weight excluding hydrogens is 264 g/mol. The van der Waals surface area contributed by atoms with Crippen molar-refractivity contribution < 1.29 is 9.53 Å². The smallest absolute Gasteiger partial charge is 0.241 e. The fourth-order valence-corrected chi connectivity index (χ4v) is 1.66. The minimum Gasteiger partial charge on any atom is -0.492 e. The van der Waals surface area contributed by atoms with E-state index in [1.165, 1.54) is 0 Å². The van der Waals surface area contributed by atoms with Gasteiger partial charge in [-0.25, -0.2) is 0 Å². The third-order valence-corrected chi connectivity index (χ3v) is 2.95. The van der Waals surface area contributed by atoms with Crippen LogP contribution >= 0.6 is 11.6 Å². The summed E-state index contributed by atoms with van der Waals surface area (Å²) in [4.78, 5) is 12.1. The maximum atomic E-state index is 12.1. The van der Waals surface area contributed by atoms with Crippen LogP contribution in [0.25, 0.3) is 0 Å². The minimum atomic E-state index is -0.610. The van der Waals surface area contributed by atoms with E-state index in [0.717, 1.165) is 0 Å². The second-order valence-electron chi connectivity index (χ2n) is 5.41. The predicted molar refractivity (Wildman–Crippen MR) is 78.7 cm³/mol. The normalized spacial score (nSPS) is 12.9. The lowest BCUT2D eigenvalue weighted by Gasteiger charge is -2.26. The number of hydrogen-bond donors (Lipinski definition) is 2. The largest absolute Gasteiger partial charge is 0.492 e. The number of hydrogen-bond acceptors (Lipinski definition) is 3. The van der Waals surface area contributed by atoms with Crippen LogP contribution in [0.2, 0.25) is 5.02 Å². The molecule has 0 aliphatic carbocycles. The van der Waals surface area contributed by atoms with E-state index in [0.29, 0.717) is 23.1 Å². The standard InChI is InChI=1S/C14H21ClN2O2/c1-5-19-11-7-6-9(15)8-10(11)17-13(18)12(16)14(2,3)4/h6-8,12H,5,16H2,1-4H3,(H,17,18). The molecule has 0 saturated carbocycles. The van der Waals surface area contributed by atoms with Crippen molar-refractivity contribution in [2.24, 2.45) is 11.1 Å². The van der Waals surface area contributed by atoms with Crippen molar-refractivity contribution in [3.05, 3.63) is 23.2 Å². The molecule has 0 heterocycles. The van der Waals surface area contributed by atoms with Gasteiger partial charge in [-0.15, -0.1) is 0 Å². The summed E-state index contributed by atoms with van der Waals surface area (Å²) in [5, 5.41) is 3.30. The Bertz CT molecular complexity index is 455. The zero-order valence-electron chi connectivity index (χ0n) is 11.8. The number of rotatable bonds is 4. The zero-order chi connectivity index (χ0) is 14.6. The Morgan fingerprint density at radius 2 is 2.11 bits per heavy atom. The van der Waals surface area contributed by atoms with E-state index < -0.39 is 6.04 Å². The summed E-state index contributed by atoms with van der Waals surface area (Å²) in [6.45, 7) is 8.13. The third kappa shape index (κ3) is 4.40. The summed E-state index contributed by atoms with van der Waals surface area (Å²) in [7, 11) is 0. The molecular formula is C14H21ClN2O2. The van der Waals surface area contributed by atoms with Crippen LogP contribution in [-0.4, -0.2) is 18.6 Å². The van der Waals surface area contributed by atoms with Crippen LogP contribution < -0.4 is 15.8 Å². The van der Waals surface area contributed by atoms with Crippen molar-refractivity contribution in [3.63, 3.8) is 0 Å². The first-order valence-corrected chi connectivity index (χ1v) is 6.62. The molecule has 4 nitrogen and oxygen atoms in total. The molecule has 1 atom stereocenters. The number of nitrogens with two attached hydrogens (primary N) is 1. The molecule has 19 heavy (non-hydrogen) atoms. The summed E-state index contributed by atoms with van der Waals surface area (Å²) in [5.41, 5.74) is 6.15. The fraction of sp³-hybridized carbons (Fsp3) is 0.500. The van der Waals surface area contributed by atoms with E-state index in [1.807, 2.05) is 27.7 Å². The Morgan fingerprint density at radius 1 is 1.47 bits per heavy atom. The van der Waals surface area contributed by atoms with Gasteiger partial charge in [-0.05, 0) is 30.5 Å². The summed E-state index contributed by atoms with van der Waals surface area (Å²) in [5.74, 6) is 0.331. The number of carbonyl (C=O) groups is 1. The average molecular weight is 285 g/mol. The zero-order valence-corrected chi connectivity index (χ0v) is 12.5. The Labute approximate surface area is 119 Å². The third-order valence-electron chi connectivity index (χ3n) is 2.71. The molecule has 0 radical (unpaired) electrons. The van der Waals surface area contributed by atoms with Crippen molar-refractivity contribution in [2.45, 2.75) is 33.7 Å². The minimum absolute atomic E-state index is 0.254. The molecule has 0 spiro atoms. The fourth-order valence-electron chi connectivity index (χ4n) is 1.49. The highest BCUT2D eigenvalue weighted by Gasteiger charge is 2.28. The van der Waals surface area contributed by atoms with Crippen molar-refractivity contribution in [2.75, 3.05) is 11.9 Å². The highest BCUT2D eigenvalue weighted by atomic mass is 35.5. The summed E-state index contributed by atoms with van der Waals surface area (Å²) in [6.07, 6.45) is 0. The quantitative estimate of drug-likeness (QED) is 0.893. The molecule has 1 amide bonds. The lowest BCUT2D eigenvalue weighted by molar-refractivity contribution is -0.119. The van der Waals surface area contributed by atoms with Gasteiger partial charge < -0.3 is 15.8 Å². The van der Waals surface area contributed by atoms with Crippen molar-refractivity contribution in [3.8, 4) is 5.75 Å². The van der Waals surface area contributed by atoms with E-state index in [9.17, 15) is 4.79 Å². The lowest BCUT2D eigenvalue weighted by atomic mass is 9.87. The second kappa shape index (κ2) is 6.26. The number of nitrogens with one attached hydrogen (secondary N) is 1. The summed E-state index contributed by atoms with van der Waals surface area (Å²) in [6, 6.07) is 4.48. The number of carbonyl (C=O) groups excluding carboxylic acids is 1. The van der Waals surface area contributed by atoms with Crippen LogP contribution in [0.4, 0.5) is 5.69 Å². The monoisotopic (exact) mass is 284 g/mol. The van der Waals surface area contributed by atoms with Crippen molar-refractivity contribution >= 4 is 23.2 Å². The predicted octanol–water partition coefficient (Wildman–Crippen LogP) is 3.05.